The maximum atomic E-state index is 13.6. The number of methoxy groups -OCH3 is 2. The van der Waals surface area contributed by atoms with E-state index >= 15 is 0 Å². The van der Waals surface area contributed by atoms with Crippen molar-refractivity contribution in [1.82, 2.24) is 0 Å². The largest absolute Gasteiger partial charge is 0.494 e. The minimum atomic E-state index is -1.64. The zero-order chi connectivity index (χ0) is 86.1. The normalized spacial score (nSPS) is 14.2. The molecule has 6 aromatic rings. The van der Waals surface area contributed by atoms with Crippen LogP contribution in [0, 0.1) is 40.3 Å². The SMILES string of the molecule is CCOC(C)OCc1cc(F)ccc1B(O)O.CCOC(C)OCc1cc(F)ccc1B(O)OC.CCOC(C)OCc1cc(F)ccc1B(OC(C)C)OC(C)C.CCOC(C)OCc1cc(F)ccc1B(OC)OC.COCOCc1cc(F)ccc1B1OCC(C)(C)CO1.COCOCc1cc(F)ccc1B1OCCCCO1. The first-order chi connectivity index (χ1) is 55.4. The van der Waals surface area contributed by atoms with Crippen molar-refractivity contribution in [2.45, 2.75) is 187 Å². The van der Waals surface area contributed by atoms with Crippen molar-refractivity contribution in [1.29, 1.82) is 0 Å². The van der Waals surface area contributed by atoms with Crippen LogP contribution in [0.3, 0.4) is 0 Å². The van der Waals surface area contributed by atoms with Crippen LogP contribution in [0.4, 0.5) is 26.3 Å². The molecular weight excluding hydrogens is 1520 g/mol. The van der Waals surface area contributed by atoms with E-state index < -0.39 is 54.8 Å². The van der Waals surface area contributed by atoms with Crippen LogP contribution in [-0.4, -0.2) is 197 Å². The highest BCUT2D eigenvalue weighted by Crippen LogP contribution is 2.23. The number of hydrogen-bond donors (Lipinski definition) is 3. The van der Waals surface area contributed by atoms with Crippen molar-refractivity contribution in [2.24, 2.45) is 5.41 Å². The summed E-state index contributed by atoms with van der Waals surface area (Å²) in [5.74, 6) is -2.07. The molecule has 0 amide bonds. The third-order valence-electron chi connectivity index (χ3n) is 16.4. The Morgan fingerprint density at radius 3 is 1.00 bits per heavy atom. The monoisotopic (exact) mass is 1640 g/mol. The molecule has 0 aromatic heterocycles. The molecule has 0 aliphatic carbocycles. The van der Waals surface area contributed by atoms with Gasteiger partial charge in [-0.2, -0.15) is 0 Å². The van der Waals surface area contributed by atoms with Gasteiger partial charge in [0.25, 0.3) is 0 Å². The second kappa shape index (κ2) is 59.1. The van der Waals surface area contributed by atoms with Gasteiger partial charge in [0.15, 0.2) is 25.2 Å². The number of rotatable bonds is 41. The van der Waals surface area contributed by atoms with Gasteiger partial charge >= 0.3 is 42.7 Å². The summed E-state index contributed by atoms with van der Waals surface area (Å²) in [6, 6.07) is 25.8. The molecule has 116 heavy (non-hydrogen) atoms. The number of halogens is 6. The minimum absolute atomic E-state index is 0.00322. The third-order valence-corrected chi connectivity index (χ3v) is 16.4. The fourth-order valence-electron chi connectivity index (χ4n) is 10.9. The molecule has 2 fully saturated rings. The zero-order valence-electron chi connectivity index (χ0n) is 70.7. The summed E-state index contributed by atoms with van der Waals surface area (Å²) in [7, 11) is 2.79. The van der Waals surface area contributed by atoms with Crippen LogP contribution >= 0.6 is 0 Å². The average molecular weight is 1640 g/mol. The molecule has 2 aliphatic heterocycles. The molecule has 644 valence electrons. The summed E-state index contributed by atoms with van der Waals surface area (Å²) in [6.45, 7) is 32.7. The summed E-state index contributed by atoms with van der Waals surface area (Å²) in [4.78, 5) is 0. The van der Waals surface area contributed by atoms with E-state index in [2.05, 4.69) is 13.8 Å². The third kappa shape index (κ3) is 41.5. The Balaban J connectivity index is 0.000000361. The number of hydrogen-bond acceptors (Lipinski definition) is 24. The predicted octanol–water partition coefficient (Wildman–Crippen LogP) is 9.63. The van der Waals surface area contributed by atoms with E-state index in [0.717, 1.165) is 40.3 Å². The van der Waals surface area contributed by atoms with E-state index in [9.17, 15) is 31.4 Å². The lowest BCUT2D eigenvalue weighted by Crippen LogP contribution is -2.48. The van der Waals surface area contributed by atoms with Crippen molar-refractivity contribution in [2.75, 3.05) is 102 Å². The first-order valence-corrected chi connectivity index (χ1v) is 38.6. The Morgan fingerprint density at radius 1 is 0.379 bits per heavy atom. The highest BCUT2D eigenvalue weighted by Gasteiger charge is 2.36. The Bertz CT molecular complexity index is 3600. The number of benzene rings is 6. The van der Waals surface area contributed by atoms with E-state index in [-0.39, 0.29) is 124 Å². The number of ether oxygens (including phenoxy) is 12. The second-order valence-corrected chi connectivity index (χ2v) is 27.3. The van der Waals surface area contributed by atoms with Gasteiger partial charge in [-0.3, -0.25) is 0 Å². The van der Waals surface area contributed by atoms with Crippen molar-refractivity contribution in [3.63, 3.8) is 0 Å². The summed E-state index contributed by atoms with van der Waals surface area (Å²) >= 11 is 0. The van der Waals surface area contributed by atoms with E-state index in [1.807, 2.05) is 62.3 Å². The smallest absolute Gasteiger partial charge is 0.423 e. The van der Waals surface area contributed by atoms with Gasteiger partial charge in [-0.25, -0.2) is 26.3 Å². The van der Waals surface area contributed by atoms with Crippen LogP contribution in [-0.2, 0) is 138 Å². The van der Waals surface area contributed by atoms with Crippen LogP contribution in [0.1, 0.15) is 143 Å². The Labute approximate surface area is 684 Å². The molecule has 36 heteroatoms. The molecule has 3 N–H and O–H groups in total. The highest BCUT2D eigenvalue weighted by molar-refractivity contribution is 6.63. The van der Waals surface area contributed by atoms with Gasteiger partial charge in [0, 0.05) is 106 Å². The van der Waals surface area contributed by atoms with E-state index in [4.69, 9.17) is 109 Å². The second-order valence-electron chi connectivity index (χ2n) is 27.3. The van der Waals surface area contributed by atoms with Gasteiger partial charge in [0.2, 0.25) is 0 Å². The highest BCUT2D eigenvalue weighted by atomic mass is 19.1. The molecule has 4 atom stereocenters. The predicted molar refractivity (Wildman–Crippen MR) is 435 cm³/mol. The molecule has 2 heterocycles. The van der Waals surface area contributed by atoms with Crippen LogP contribution in [0.15, 0.2) is 109 Å². The van der Waals surface area contributed by atoms with Crippen LogP contribution < -0.4 is 32.8 Å². The van der Waals surface area contributed by atoms with E-state index in [1.54, 1.807) is 59.3 Å². The molecule has 4 unspecified atom stereocenters. The van der Waals surface area contributed by atoms with Gasteiger partial charge in [-0.15, -0.1) is 0 Å². The van der Waals surface area contributed by atoms with Gasteiger partial charge in [0.05, 0.1) is 39.6 Å². The summed E-state index contributed by atoms with van der Waals surface area (Å²) in [5, 5.41) is 27.9. The lowest BCUT2D eigenvalue weighted by atomic mass is 9.73. The Morgan fingerprint density at radius 2 is 0.681 bits per heavy atom. The maximum Gasteiger partial charge on any atom is 0.494 e. The van der Waals surface area contributed by atoms with E-state index in [0.29, 0.717) is 86.1 Å². The molecule has 0 saturated carbocycles. The van der Waals surface area contributed by atoms with Crippen molar-refractivity contribution in [3.8, 4) is 0 Å². The standard InChI is InChI=1S/C17H28BFO4.C14H20BFO4.C13H18BFO4.C13H20BFO4.C12H18BFO4.C11H16BFO4/c1-7-20-14(6)21-11-15-10-16(19)8-9-17(15)18(22-12(2)3)23-13(4)5;1-14(2)8-19-15(20-9-14)13-5-4-12(16)6-11(13)7-18-10-17-3;1-16-10-17-9-11-8-12(15)4-5-13(11)14-18-6-2-3-7-19-14;1-5-18-10(2)19-9-11-8-12(15)6-7-13(11)14(16-3)17-4;1-4-17-9(2)18-8-10-7-11(14)5-6-12(10)13(15)16-3;1-3-16-8(2)17-7-9-6-10(13)4-5-11(9)12(14)15/h8-10,12-14H,7,11H2,1-6H3;4-6H,7-10H2,1-3H3;4-5,8H,2-3,6-7,9-10H2,1H3;6-8,10H,5,9H2,1-4H3;5-7,9,15H,4,8H2,1-3H3;4-6,8,14-15H,3,7H2,1-2H3. The average Bonchev–Trinajstić information content (AvgIpc) is 0.942. The zero-order valence-corrected chi connectivity index (χ0v) is 70.7. The Kier molecular flexibility index (Phi) is 53.3. The fourth-order valence-corrected chi connectivity index (χ4v) is 10.9. The van der Waals surface area contributed by atoms with Crippen LogP contribution in [0.2, 0.25) is 0 Å². The van der Waals surface area contributed by atoms with Crippen molar-refractivity contribution in [3.05, 3.63) is 177 Å². The molecule has 2 aliphatic rings. The maximum absolute atomic E-state index is 13.6. The van der Waals surface area contributed by atoms with Gasteiger partial charge in [-0.05, 0) is 235 Å². The molecule has 0 radical (unpaired) electrons. The summed E-state index contributed by atoms with van der Waals surface area (Å²) in [5.41, 5.74) is 7.62. The summed E-state index contributed by atoms with van der Waals surface area (Å²) < 4.78 is 193. The molecule has 24 nitrogen and oxygen atoms in total. The minimum Gasteiger partial charge on any atom is -0.423 e. The lowest BCUT2D eigenvalue weighted by Gasteiger charge is -2.33. The molecule has 2 saturated heterocycles. The van der Waals surface area contributed by atoms with Crippen LogP contribution in [0.5, 0.6) is 0 Å². The van der Waals surface area contributed by atoms with Crippen molar-refractivity contribution < 1.29 is 140 Å². The molecule has 8 rings (SSSR count). The van der Waals surface area contributed by atoms with Gasteiger partial charge < -0.3 is 114 Å². The van der Waals surface area contributed by atoms with Gasteiger partial charge in [-0.1, -0.05) is 50.2 Å². The quantitative estimate of drug-likeness (QED) is 0.0140. The topological polar surface area (TPSA) is 255 Å². The molecule has 6 aromatic carbocycles. The lowest BCUT2D eigenvalue weighted by molar-refractivity contribution is -0.134. The first-order valence-electron chi connectivity index (χ1n) is 38.6. The molecular formula is C80H120B6F6O24. The van der Waals surface area contributed by atoms with Crippen molar-refractivity contribution >= 4 is 75.5 Å². The van der Waals surface area contributed by atoms with Crippen LogP contribution in [0.25, 0.3) is 0 Å². The Hall–Kier alpha value is -5.67. The summed E-state index contributed by atoms with van der Waals surface area (Å²) in [6.07, 6.45) is 0.425. The first kappa shape index (κ1) is 105. The van der Waals surface area contributed by atoms with E-state index in [1.165, 1.54) is 106 Å². The molecule has 0 bridgehead atoms. The van der Waals surface area contributed by atoms with Gasteiger partial charge in [0.1, 0.15) is 48.5 Å². The fraction of sp³-hybridized carbons (Fsp3) is 0.550. The molecule has 0 spiro atoms.